The second kappa shape index (κ2) is 11.0. The van der Waals surface area contributed by atoms with E-state index < -0.39 is 27.9 Å². The van der Waals surface area contributed by atoms with E-state index in [1.54, 1.807) is 6.20 Å². The van der Waals surface area contributed by atoms with Crippen molar-refractivity contribution in [1.82, 2.24) is 28.8 Å². The number of nitrogens with zero attached hydrogens (tertiary/aromatic N) is 6. The molecule has 4 rings (SSSR count). The molecule has 38 heavy (non-hydrogen) atoms. The van der Waals surface area contributed by atoms with Crippen molar-refractivity contribution in [3.8, 4) is 11.3 Å². The summed E-state index contributed by atoms with van der Waals surface area (Å²) in [5.74, 6) is 0.267. The molecule has 208 valence electrons. The molecule has 1 saturated heterocycles. The van der Waals surface area contributed by atoms with Crippen LogP contribution in [0.25, 0.3) is 22.4 Å². The topological polar surface area (TPSA) is 149 Å². The van der Waals surface area contributed by atoms with Gasteiger partial charge in [-0.3, -0.25) is 0 Å². The van der Waals surface area contributed by atoms with Gasteiger partial charge in [-0.15, -0.1) is 0 Å². The molecule has 3 aromatic rings. The lowest BCUT2D eigenvalue weighted by Gasteiger charge is -2.32. The summed E-state index contributed by atoms with van der Waals surface area (Å²) in [6.07, 6.45) is 8.47. The van der Waals surface area contributed by atoms with Crippen LogP contribution in [0.4, 0.5) is 5.82 Å². The Labute approximate surface area is 224 Å². The largest absolute Gasteiger partial charge is 0.365 e. The van der Waals surface area contributed by atoms with Gasteiger partial charge in [0.15, 0.2) is 5.65 Å². The maximum Gasteiger partial charge on any atom is 0.248 e. The third-order valence-corrected chi connectivity index (χ3v) is 10.1. The fraction of sp³-hybridized carbons (Fsp3) is 0.565. The van der Waals surface area contributed by atoms with E-state index in [1.807, 2.05) is 16.8 Å². The van der Waals surface area contributed by atoms with E-state index in [2.05, 4.69) is 39.9 Å². The van der Waals surface area contributed by atoms with Crippen molar-refractivity contribution in [1.29, 1.82) is 0 Å². The highest BCUT2D eigenvalue weighted by atomic mass is 32.2. The summed E-state index contributed by atoms with van der Waals surface area (Å²) >= 11 is 0. The standard InChI is InChI=1S/C23H35N7O5S2Si/c1-36(31,32)23-25-13-18(21(28-23)26-17-7-6-9-30(15-17)37(2,33)34)20-14-24-22-19(27-20)8-10-29(22)16-35-11-12-38(3,4)5/h8,10,13-14,17H,6-7,9,11-12,15-16H2,1-5H3,(H,25,26,28). The van der Waals surface area contributed by atoms with Gasteiger partial charge in [0, 0.05) is 52.5 Å². The van der Waals surface area contributed by atoms with E-state index in [0.29, 0.717) is 55.1 Å². The number of anilines is 1. The van der Waals surface area contributed by atoms with Crippen molar-refractivity contribution in [3.05, 3.63) is 24.7 Å². The summed E-state index contributed by atoms with van der Waals surface area (Å²) in [6, 6.07) is 2.66. The highest BCUT2D eigenvalue weighted by molar-refractivity contribution is 7.90. The molecule has 0 amide bonds. The number of rotatable bonds is 10. The minimum Gasteiger partial charge on any atom is -0.365 e. The Bertz CT molecular complexity index is 1520. The highest BCUT2D eigenvalue weighted by Crippen LogP contribution is 2.28. The Morgan fingerprint density at radius 1 is 1.11 bits per heavy atom. The number of ether oxygens (including phenoxy) is 1. The van der Waals surface area contributed by atoms with E-state index in [4.69, 9.17) is 9.72 Å². The predicted molar refractivity (Wildman–Crippen MR) is 149 cm³/mol. The number of nitrogens with one attached hydrogen (secondary N) is 1. The molecule has 12 nitrogen and oxygen atoms in total. The Morgan fingerprint density at radius 2 is 1.87 bits per heavy atom. The van der Waals surface area contributed by atoms with E-state index in [1.165, 1.54) is 16.8 Å². The summed E-state index contributed by atoms with van der Waals surface area (Å²) in [4.78, 5) is 17.7. The molecule has 0 saturated carbocycles. The van der Waals surface area contributed by atoms with Gasteiger partial charge in [0.25, 0.3) is 0 Å². The molecule has 15 heteroatoms. The molecule has 0 aromatic carbocycles. The Hall–Kier alpha value is -2.46. The second-order valence-electron chi connectivity index (χ2n) is 10.9. The molecular weight excluding hydrogens is 547 g/mol. The fourth-order valence-electron chi connectivity index (χ4n) is 4.13. The minimum atomic E-state index is -3.67. The van der Waals surface area contributed by atoms with Crippen molar-refractivity contribution in [2.45, 2.75) is 56.5 Å². The van der Waals surface area contributed by atoms with Gasteiger partial charge in [0.2, 0.25) is 25.0 Å². The number of hydrogen-bond acceptors (Lipinski definition) is 10. The van der Waals surface area contributed by atoms with Crippen molar-refractivity contribution in [2.75, 3.05) is 37.5 Å². The van der Waals surface area contributed by atoms with Gasteiger partial charge in [-0.05, 0) is 25.0 Å². The van der Waals surface area contributed by atoms with Crippen LogP contribution < -0.4 is 5.32 Å². The second-order valence-corrected chi connectivity index (χ2v) is 20.4. The molecule has 3 aromatic heterocycles. The first-order chi connectivity index (χ1) is 17.7. The zero-order valence-electron chi connectivity index (χ0n) is 22.4. The third kappa shape index (κ3) is 7.14. The lowest BCUT2D eigenvalue weighted by atomic mass is 10.1. The first kappa shape index (κ1) is 28.5. The Balaban J connectivity index is 1.61. The molecule has 0 spiro atoms. The fourth-order valence-corrected chi connectivity index (χ4v) is 6.30. The number of sulfone groups is 1. The number of sulfonamides is 1. The molecule has 0 aliphatic carbocycles. The summed E-state index contributed by atoms with van der Waals surface area (Å²) in [5.41, 5.74) is 2.26. The SMILES string of the molecule is C[Si](C)(C)CCOCn1ccc2nc(-c3cnc(S(C)(=O)=O)nc3NC3CCCN(S(C)(=O)=O)C3)cnc21. The van der Waals surface area contributed by atoms with Crippen molar-refractivity contribution < 1.29 is 21.6 Å². The number of hydrogen-bond donors (Lipinski definition) is 1. The van der Waals surface area contributed by atoms with Crippen LogP contribution in [0.1, 0.15) is 12.8 Å². The van der Waals surface area contributed by atoms with E-state index in [9.17, 15) is 16.8 Å². The Morgan fingerprint density at radius 3 is 2.55 bits per heavy atom. The van der Waals surface area contributed by atoms with Gasteiger partial charge in [0.1, 0.15) is 18.1 Å². The summed E-state index contributed by atoms with van der Waals surface area (Å²) < 4.78 is 57.6. The lowest BCUT2D eigenvalue weighted by molar-refractivity contribution is 0.0899. The number of fused-ring (bicyclic) bond motifs is 1. The van der Waals surface area contributed by atoms with E-state index in [-0.39, 0.29) is 23.6 Å². The molecule has 1 aliphatic rings. The molecular formula is C23H35N7O5S2Si. The highest BCUT2D eigenvalue weighted by Gasteiger charge is 2.27. The van der Waals surface area contributed by atoms with Crippen molar-refractivity contribution in [2.24, 2.45) is 0 Å². The van der Waals surface area contributed by atoms with Crippen LogP contribution in [0.15, 0.2) is 29.8 Å². The lowest BCUT2D eigenvalue weighted by Crippen LogP contribution is -2.44. The van der Waals surface area contributed by atoms with Gasteiger partial charge in [-0.25, -0.2) is 41.1 Å². The number of aromatic nitrogens is 5. The zero-order valence-corrected chi connectivity index (χ0v) is 25.0. The third-order valence-electron chi connectivity index (χ3n) is 6.26. The average molecular weight is 582 g/mol. The maximum absolute atomic E-state index is 12.2. The quantitative estimate of drug-likeness (QED) is 0.215. The molecule has 1 aliphatic heterocycles. The molecule has 0 bridgehead atoms. The van der Waals surface area contributed by atoms with Crippen molar-refractivity contribution >= 4 is 44.9 Å². The molecule has 1 unspecified atom stereocenters. The Kier molecular flexibility index (Phi) is 8.23. The van der Waals surface area contributed by atoms with E-state index >= 15 is 0 Å². The maximum atomic E-state index is 12.2. The molecule has 1 N–H and O–H groups in total. The summed E-state index contributed by atoms with van der Waals surface area (Å²) in [7, 11) is -8.20. The van der Waals surface area contributed by atoms with Gasteiger partial charge >= 0.3 is 0 Å². The minimum absolute atomic E-state index is 0.252. The van der Waals surface area contributed by atoms with E-state index in [0.717, 1.165) is 12.3 Å². The van der Waals surface area contributed by atoms with Crippen LogP contribution in [-0.2, 0) is 31.3 Å². The summed E-state index contributed by atoms with van der Waals surface area (Å²) in [5, 5.41) is 2.93. The van der Waals surface area contributed by atoms with Gasteiger partial charge in [-0.1, -0.05) is 19.6 Å². The molecule has 4 heterocycles. The van der Waals surface area contributed by atoms with Crippen LogP contribution >= 0.6 is 0 Å². The van der Waals surface area contributed by atoms with Crippen molar-refractivity contribution in [3.63, 3.8) is 0 Å². The van der Waals surface area contributed by atoms with Gasteiger partial charge in [0.05, 0.1) is 23.7 Å². The zero-order chi connectivity index (χ0) is 27.7. The smallest absolute Gasteiger partial charge is 0.248 e. The summed E-state index contributed by atoms with van der Waals surface area (Å²) in [6.45, 7) is 8.68. The monoisotopic (exact) mass is 581 g/mol. The first-order valence-electron chi connectivity index (χ1n) is 12.4. The first-order valence-corrected chi connectivity index (χ1v) is 19.8. The van der Waals surface area contributed by atoms with Gasteiger partial charge < -0.3 is 14.6 Å². The van der Waals surface area contributed by atoms with Crippen LogP contribution in [0, 0.1) is 0 Å². The molecule has 1 atom stereocenters. The molecule has 0 radical (unpaired) electrons. The predicted octanol–water partition coefficient (Wildman–Crippen LogP) is 2.44. The molecule has 1 fully saturated rings. The average Bonchev–Trinajstić information content (AvgIpc) is 3.22. The normalized spacial score (nSPS) is 17.7. The van der Waals surface area contributed by atoms with Crippen LogP contribution in [0.3, 0.4) is 0 Å². The van der Waals surface area contributed by atoms with Crippen LogP contribution in [0.5, 0.6) is 0 Å². The van der Waals surface area contributed by atoms with Crippen LogP contribution in [-0.4, -0.2) is 92.0 Å². The number of piperidine rings is 1. The van der Waals surface area contributed by atoms with Crippen LogP contribution in [0.2, 0.25) is 25.7 Å². The van der Waals surface area contributed by atoms with Gasteiger partial charge in [-0.2, -0.15) is 0 Å².